The minimum absolute atomic E-state index is 0.331. The Balaban J connectivity index is 2.90. The molecule has 0 amide bonds. The second kappa shape index (κ2) is 5.34. The molecule has 0 aromatic carbocycles. The van der Waals surface area contributed by atoms with Crippen LogP contribution in [0.2, 0.25) is 0 Å². The van der Waals surface area contributed by atoms with Crippen molar-refractivity contribution >= 4 is 11.9 Å². The first-order valence-electron chi connectivity index (χ1n) is 4.97. The average Bonchev–Trinajstić information content (AvgIpc) is 2.29. The largest absolute Gasteiger partial charge is 0.455 e. The Kier molecular flexibility index (Phi) is 4.09. The Morgan fingerprint density at radius 1 is 1.20 bits per heavy atom. The molecular weight excluding hydrogens is 196 g/mol. The molecule has 0 N–H and O–H groups in total. The first-order valence-corrected chi connectivity index (χ1v) is 4.97. The van der Waals surface area contributed by atoms with Crippen LogP contribution in [0.1, 0.15) is 26.7 Å². The van der Waals surface area contributed by atoms with Gasteiger partial charge in [0.25, 0.3) is 0 Å². The van der Waals surface area contributed by atoms with Crippen LogP contribution in [0.4, 0.5) is 0 Å². The van der Waals surface area contributed by atoms with E-state index >= 15 is 0 Å². The second-order valence-electron chi connectivity index (χ2n) is 3.12. The predicted molar refractivity (Wildman–Crippen MR) is 53.8 cm³/mol. The van der Waals surface area contributed by atoms with E-state index in [2.05, 4.69) is 0 Å². The van der Waals surface area contributed by atoms with E-state index in [1.807, 2.05) is 13.8 Å². The van der Waals surface area contributed by atoms with Crippen molar-refractivity contribution in [3.63, 3.8) is 0 Å². The van der Waals surface area contributed by atoms with Crippen LogP contribution in [0.25, 0.3) is 0 Å². The average molecular weight is 210 g/mol. The molecule has 0 saturated heterocycles. The Labute approximate surface area is 88.6 Å². The fourth-order valence-corrected chi connectivity index (χ4v) is 1.15. The maximum absolute atomic E-state index is 11.2. The van der Waals surface area contributed by atoms with E-state index in [0.29, 0.717) is 18.6 Å². The lowest BCUT2D eigenvalue weighted by Crippen LogP contribution is -2.13. The molecule has 0 aliphatic carbocycles. The van der Waals surface area contributed by atoms with Gasteiger partial charge in [0, 0.05) is 18.6 Å². The van der Waals surface area contributed by atoms with Crippen LogP contribution in [-0.2, 0) is 19.1 Å². The summed E-state index contributed by atoms with van der Waals surface area (Å²) >= 11 is 0. The highest BCUT2D eigenvalue weighted by molar-refractivity contribution is 5.92. The van der Waals surface area contributed by atoms with E-state index in [-0.39, 0.29) is 6.10 Å². The summed E-state index contributed by atoms with van der Waals surface area (Å²) in [6.07, 6.45) is 4.74. The fraction of sp³-hybridized carbons (Fsp3) is 0.455. The highest BCUT2D eigenvalue weighted by Crippen LogP contribution is 2.12. The van der Waals surface area contributed by atoms with Gasteiger partial charge in [-0.05, 0) is 12.5 Å². The third kappa shape index (κ3) is 3.58. The maximum atomic E-state index is 11.2. The fourth-order valence-electron chi connectivity index (χ4n) is 1.15. The van der Waals surface area contributed by atoms with Gasteiger partial charge in [-0.3, -0.25) is 0 Å². The molecule has 1 rings (SSSR count). The van der Waals surface area contributed by atoms with Crippen molar-refractivity contribution in [1.29, 1.82) is 0 Å². The van der Waals surface area contributed by atoms with Crippen molar-refractivity contribution in [1.82, 2.24) is 0 Å². The number of allylic oxidation sites excluding steroid dienone is 1. The molecule has 4 heteroatoms. The highest BCUT2D eigenvalue weighted by Gasteiger charge is 2.13. The standard InChI is InChI=1S/C11H14O4/c1-3-8-7-9(4-2)15-11(13)6-5-10(12)14-8/h5-8H,3-4H2,1-2H3/b6-5-,9-7-. The second-order valence-corrected chi connectivity index (χ2v) is 3.12. The zero-order chi connectivity index (χ0) is 11.3. The van der Waals surface area contributed by atoms with Gasteiger partial charge in [-0.2, -0.15) is 0 Å². The van der Waals surface area contributed by atoms with Gasteiger partial charge in [-0.25, -0.2) is 9.59 Å². The first kappa shape index (κ1) is 11.5. The summed E-state index contributed by atoms with van der Waals surface area (Å²) in [4.78, 5) is 22.3. The molecule has 0 saturated carbocycles. The number of esters is 2. The first-order chi connectivity index (χ1) is 7.15. The number of hydrogen-bond acceptors (Lipinski definition) is 4. The molecule has 0 radical (unpaired) electrons. The summed E-state index contributed by atoms with van der Waals surface area (Å²) in [6.45, 7) is 3.76. The van der Waals surface area contributed by atoms with Crippen molar-refractivity contribution < 1.29 is 19.1 Å². The highest BCUT2D eigenvalue weighted by atomic mass is 16.6. The van der Waals surface area contributed by atoms with Crippen molar-refractivity contribution in [2.24, 2.45) is 0 Å². The summed E-state index contributed by atoms with van der Waals surface area (Å²) in [5.74, 6) is -0.532. The molecule has 4 nitrogen and oxygen atoms in total. The Bertz CT molecular complexity index is 315. The molecule has 0 fully saturated rings. The van der Waals surface area contributed by atoms with E-state index in [1.54, 1.807) is 6.08 Å². The molecule has 15 heavy (non-hydrogen) atoms. The van der Waals surface area contributed by atoms with Gasteiger partial charge in [0.1, 0.15) is 11.9 Å². The van der Waals surface area contributed by atoms with Crippen molar-refractivity contribution in [3.8, 4) is 0 Å². The van der Waals surface area contributed by atoms with Gasteiger partial charge in [0.15, 0.2) is 0 Å². The summed E-state index contributed by atoms with van der Waals surface area (Å²) in [5.41, 5.74) is 0. The number of cyclic esters (lactones) is 2. The smallest absolute Gasteiger partial charge is 0.336 e. The van der Waals surface area contributed by atoms with Gasteiger partial charge >= 0.3 is 11.9 Å². The normalized spacial score (nSPS) is 27.6. The molecule has 0 bridgehead atoms. The van der Waals surface area contributed by atoms with Gasteiger partial charge in [0.2, 0.25) is 0 Å². The SMILES string of the molecule is CC/C1=C/C(CC)OC(=O)/C=C\C(=O)O1. The Morgan fingerprint density at radius 3 is 2.47 bits per heavy atom. The Morgan fingerprint density at radius 2 is 1.87 bits per heavy atom. The van der Waals surface area contributed by atoms with Gasteiger partial charge in [-0.15, -0.1) is 0 Å². The van der Waals surface area contributed by atoms with E-state index < -0.39 is 11.9 Å². The summed E-state index contributed by atoms with van der Waals surface area (Å²) in [5, 5.41) is 0. The lowest BCUT2D eigenvalue weighted by Gasteiger charge is -2.11. The predicted octanol–water partition coefficient (Wildman–Crippen LogP) is 1.72. The van der Waals surface area contributed by atoms with E-state index in [1.165, 1.54) is 0 Å². The molecule has 1 heterocycles. The minimum Gasteiger partial charge on any atom is -0.455 e. The third-order valence-corrected chi connectivity index (χ3v) is 1.98. The molecule has 0 aromatic heterocycles. The Hall–Kier alpha value is -1.58. The zero-order valence-corrected chi connectivity index (χ0v) is 8.86. The van der Waals surface area contributed by atoms with Crippen molar-refractivity contribution in [2.75, 3.05) is 0 Å². The van der Waals surface area contributed by atoms with Crippen LogP contribution in [0.5, 0.6) is 0 Å². The lowest BCUT2D eigenvalue weighted by atomic mass is 10.2. The summed E-state index contributed by atoms with van der Waals surface area (Å²) in [6, 6.07) is 0. The molecule has 1 unspecified atom stereocenters. The van der Waals surface area contributed by atoms with Crippen LogP contribution < -0.4 is 0 Å². The van der Waals surface area contributed by atoms with E-state index in [9.17, 15) is 9.59 Å². The number of rotatable bonds is 2. The van der Waals surface area contributed by atoms with E-state index in [0.717, 1.165) is 12.2 Å². The molecule has 1 atom stereocenters. The topological polar surface area (TPSA) is 52.6 Å². The lowest BCUT2D eigenvalue weighted by molar-refractivity contribution is -0.141. The zero-order valence-electron chi connectivity index (χ0n) is 8.86. The molecule has 82 valence electrons. The third-order valence-electron chi connectivity index (χ3n) is 1.98. The maximum Gasteiger partial charge on any atom is 0.336 e. The van der Waals surface area contributed by atoms with Crippen LogP contribution >= 0.6 is 0 Å². The molecular formula is C11H14O4. The monoisotopic (exact) mass is 210 g/mol. The summed E-state index contributed by atoms with van der Waals surface area (Å²) in [7, 11) is 0. The molecule has 0 aromatic rings. The summed E-state index contributed by atoms with van der Waals surface area (Å²) < 4.78 is 10.1. The van der Waals surface area contributed by atoms with Crippen LogP contribution in [0, 0.1) is 0 Å². The van der Waals surface area contributed by atoms with E-state index in [4.69, 9.17) is 9.47 Å². The molecule has 0 spiro atoms. The van der Waals surface area contributed by atoms with Crippen LogP contribution in [0.15, 0.2) is 24.0 Å². The number of carbonyl (C=O) groups is 2. The van der Waals surface area contributed by atoms with Gasteiger partial charge in [-0.1, -0.05) is 13.8 Å². The quantitative estimate of drug-likeness (QED) is 0.651. The number of hydrogen-bond donors (Lipinski definition) is 0. The number of ether oxygens (including phenoxy) is 2. The molecule has 1 aliphatic rings. The molecule has 1 aliphatic heterocycles. The van der Waals surface area contributed by atoms with Crippen LogP contribution in [-0.4, -0.2) is 18.0 Å². The van der Waals surface area contributed by atoms with Crippen LogP contribution in [0.3, 0.4) is 0 Å². The van der Waals surface area contributed by atoms with Crippen molar-refractivity contribution in [3.05, 3.63) is 24.0 Å². The van der Waals surface area contributed by atoms with Crippen molar-refractivity contribution in [2.45, 2.75) is 32.8 Å². The van der Waals surface area contributed by atoms with Gasteiger partial charge in [0.05, 0.1) is 0 Å². The minimum atomic E-state index is -0.545. The van der Waals surface area contributed by atoms with Gasteiger partial charge < -0.3 is 9.47 Å². The number of carbonyl (C=O) groups excluding carboxylic acids is 2.